The van der Waals surface area contributed by atoms with Gasteiger partial charge in [0, 0.05) is 5.56 Å². The Kier molecular flexibility index (Phi) is 8.07. The molecule has 5 nitrogen and oxygen atoms in total. The monoisotopic (exact) mass is 455 g/mol. The molecule has 0 aliphatic carbocycles. The molecule has 0 aromatic heterocycles. The fraction of sp³-hybridized carbons (Fsp3) is 0.462. The van der Waals surface area contributed by atoms with E-state index in [4.69, 9.17) is 9.16 Å². The Morgan fingerprint density at radius 2 is 1.41 bits per heavy atom. The molecule has 174 valence electrons. The number of benzene rings is 2. The van der Waals surface area contributed by atoms with E-state index in [1.165, 1.54) is 0 Å². The standard InChI is InChI=1S/C26H37NO4Si/c1-25(2,3)31-24(29)27-22(18-30-32(7,8)26(4,5)6)23(28)21-16-14-20(15-17-21)19-12-10-9-11-13-19/h9-17,22H,18H2,1-8H3,(H,27,29)/t22-/m0/s1. The van der Waals surface area contributed by atoms with E-state index in [0.29, 0.717) is 5.56 Å². The molecule has 0 aliphatic rings. The number of nitrogens with one attached hydrogen (secondary N) is 1. The van der Waals surface area contributed by atoms with Gasteiger partial charge in [0.05, 0.1) is 6.61 Å². The van der Waals surface area contributed by atoms with Crippen LogP contribution < -0.4 is 5.32 Å². The molecule has 1 amide bonds. The first-order valence-corrected chi connectivity index (χ1v) is 13.9. The van der Waals surface area contributed by atoms with E-state index in [9.17, 15) is 9.59 Å². The Bertz CT molecular complexity index is 910. The number of hydrogen-bond acceptors (Lipinski definition) is 4. The van der Waals surface area contributed by atoms with Crippen LogP contribution in [0.1, 0.15) is 51.9 Å². The van der Waals surface area contributed by atoms with E-state index in [1.807, 2.05) is 42.5 Å². The number of carbonyl (C=O) groups excluding carboxylic acids is 2. The molecule has 1 atom stereocenters. The number of hydrogen-bond donors (Lipinski definition) is 1. The number of rotatable bonds is 7. The molecule has 0 unspecified atom stereocenters. The van der Waals surface area contributed by atoms with E-state index >= 15 is 0 Å². The second-order valence-corrected chi connectivity index (χ2v) is 15.4. The Balaban J connectivity index is 2.23. The van der Waals surface area contributed by atoms with Crippen LogP contribution in [0.5, 0.6) is 0 Å². The van der Waals surface area contributed by atoms with Crippen LogP contribution in [-0.2, 0) is 9.16 Å². The van der Waals surface area contributed by atoms with Gasteiger partial charge in [-0.25, -0.2) is 4.79 Å². The van der Waals surface area contributed by atoms with Gasteiger partial charge in [-0.05, 0) is 50.0 Å². The quantitative estimate of drug-likeness (QED) is 0.385. The number of ether oxygens (including phenoxy) is 1. The summed E-state index contributed by atoms with van der Waals surface area (Å²) in [5, 5.41) is 2.72. The van der Waals surface area contributed by atoms with Crippen LogP contribution in [0, 0.1) is 0 Å². The second kappa shape index (κ2) is 10.0. The molecule has 0 saturated carbocycles. The van der Waals surface area contributed by atoms with Crippen LogP contribution in [0.2, 0.25) is 18.1 Å². The summed E-state index contributed by atoms with van der Waals surface area (Å²) in [5.74, 6) is -0.200. The number of ketones is 1. The Hall–Kier alpha value is -2.44. The van der Waals surface area contributed by atoms with E-state index in [0.717, 1.165) is 11.1 Å². The van der Waals surface area contributed by atoms with Gasteiger partial charge in [0.2, 0.25) is 0 Å². The lowest BCUT2D eigenvalue weighted by Crippen LogP contribution is -2.50. The summed E-state index contributed by atoms with van der Waals surface area (Å²) >= 11 is 0. The van der Waals surface area contributed by atoms with Gasteiger partial charge in [0.25, 0.3) is 0 Å². The fourth-order valence-electron chi connectivity index (χ4n) is 2.80. The van der Waals surface area contributed by atoms with E-state index in [-0.39, 0.29) is 17.4 Å². The smallest absolute Gasteiger partial charge is 0.408 e. The minimum absolute atomic E-state index is 0.0101. The molecule has 0 heterocycles. The molecule has 0 aliphatic heterocycles. The van der Waals surface area contributed by atoms with Crippen LogP contribution in [0.4, 0.5) is 4.79 Å². The van der Waals surface area contributed by atoms with Crippen molar-refractivity contribution in [1.29, 1.82) is 0 Å². The first-order valence-electron chi connectivity index (χ1n) is 11.0. The topological polar surface area (TPSA) is 64.6 Å². The first-order chi connectivity index (χ1) is 14.7. The maximum atomic E-state index is 13.3. The predicted molar refractivity (Wildman–Crippen MR) is 133 cm³/mol. The highest BCUT2D eigenvalue weighted by atomic mass is 28.4. The lowest BCUT2D eigenvalue weighted by atomic mass is 10.00. The Labute approximate surface area is 193 Å². The van der Waals surface area contributed by atoms with Crippen LogP contribution in [-0.4, -0.2) is 38.4 Å². The maximum Gasteiger partial charge on any atom is 0.408 e. The molecule has 0 spiro atoms. The molecule has 1 N–H and O–H groups in total. The number of carbonyl (C=O) groups is 2. The van der Waals surface area contributed by atoms with Gasteiger partial charge in [-0.1, -0.05) is 75.4 Å². The van der Waals surface area contributed by atoms with Crippen molar-refractivity contribution in [3.05, 3.63) is 60.2 Å². The van der Waals surface area contributed by atoms with Gasteiger partial charge in [-0.15, -0.1) is 0 Å². The van der Waals surface area contributed by atoms with Crippen LogP contribution in [0.15, 0.2) is 54.6 Å². The third-order valence-corrected chi connectivity index (χ3v) is 10.2. The third kappa shape index (κ3) is 7.31. The van der Waals surface area contributed by atoms with E-state index < -0.39 is 26.1 Å². The number of alkyl carbamates (subject to hydrolysis) is 1. The molecular weight excluding hydrogens is 418 g/mol. The van der Waals surface area contributed by atoms with Gasteiger partial charge >= 0.3 is 6.09 Å². The van der Waals surface area contributed by atoms with Gasteiger partial charge in [0.1, 0.15) is 11.6 Å². The van der Waals surface area contributed by atoms with Gasteiger partial charge in [0.15, 0.2) is 14.1 Å². The maximum absolute atomic E-state index is 13.3. The average molecular weight is 456 g/mol. The molecule has 0 radical (unpaired) electrons. The predicted octanol–water partition coefficient (Wildman–Crippen LogP) is 6.45. The van der Waals surface area contributed by atoms with E-state index in [2.05, 4.69) is 39.2 Å². The van der Waals surface area contributed by atoms with Crippen LogP contribution in [0.25, 0.3) is 11.1 Å². The molecule has 6 heteroatoms. The molecule has 32 heavy (non-hydrogen) atoms. The highest BCUT2D eigenvalue weighted by molar-refractivity contribution is 6.74. The molecule has 0 fully saturated rings. The zero-order valence-corrected chi connectivity index (χ0v) is 21.6. The van der Waals surface area contributed by atoms with Gasteiger partial charge in [-0.2, -0.15) is 0 Å². The SMILES string of the molecule is CC(C)(C)OC(=O)N[C@@H](CO[Si](C)(C)C(C)(C)C)C(=O)c1ccc(-c2ccccc2)cc1. The highest BCUT2D eigenvalue weighted by Gasteiger charge is 2.38. The van der Waals surface area contributed by atoms with Crippen molar-refractivity contribution in [3.8, 4) is 11.1 Å². The van der Waals surface area contributed by atoms with Crippen molar-refractivity contribution in [3.63, 3.8) is 0 Å². The highest BCUT2D eigenvalue weighted by Crippen LogP contribution is 2.36. The largest absolute Gasteiger partial charge is 0.444 e. The lowest BCUT2D eigenvalue weighted by Gasteiger charge is -2.37. The minimum atomic E-state index is -2.11. The molecule has 0 saturated heterocycles. The fourth-order valence-corrected chi connectivity index (χ4v) is 3.82. The third-order valence-electron chi connectivity index (χ3n) is 5.70. The number of Topliss-reactive ketones (excluding diaryl/α,β-unsaturated/α-hetero) is 1. The van der Waals surface area contributed by atoms with Crippen molar-refractivity contribution in [2.75, 3.05) is 6.61 Å². The number of amides is 1. The lowest BCUT2D eigenvalue weighted by molar-refractivity contribution is 0.0470. The molecule has 2 aromatic carbocycles. The molecule has 2 rings (SSSR count). The molecule has 2 aromatic rings. The Morgan fingerprint density at radius 1 is 0.875 bits per heavy atom. The van der Waals surface area contributed by atoms with Crippen LogP contribution in [0.3, 0.4) is 0 Å². The summed E-state index contributed by atoms with van der Waals surface area (Å²) in [7, 11) is -2.11. The Morgan fingerprint density at radius 3 is 1.91 bits per heavy atom. The zero-order valence-electron chi connectivity index (χ0n) is 20.6. The summed E-state index contributed by atoms with van der Waals surface area (Å²) < 4.78 is 11.7. The van der Waals surface area contributed by atoms with Crippen molar-refractivity contribution >= 4 is 20.2 Å². The summed E-state index contributed by atoms with van der Waals surface area (Å²) in [4.78, 5) is 25.8. The van der Waals surface area contributed by atoms with Gasteiger partial charge < -0.3 is 14.5 Å². The van der Waals surface area contributed by atoms with Crippen molar-refractivity contribution in [1.82, 2.24) is 5.32 Å². The van der Waals surface area contributed by atoms with Crippen molar-refractivity contribution in [2.24, 2.45) is 0 Å². The van der Waals surface area contributed by atoms with E-state index in [1.54, 1.807) is 32.9 Å². The summed E-state index contributed by atoms with van der Waals surface area (Å²) in [5.41, 5.74) is 1.96. The molecular formula is C26H37NO4Si. The second-order valence-electron chi connectivity index (χ2n) is 10.6. The zero-order chi connectivity index (χ0) is 24.2. The van der Waals surface area contributed by atoms with Crippen molar-refractivity contribution < 1.29 is 18.8 Å². The van der Waals surface area contributed by atoms with Crippen LogP contribution >= 0.6 is 0 Å². The minimum Gasteiger partial charge on any atom is -0.444 e. The normalized spacial score (nSPS) is 13.4. The summed E-state index contributed by atoms with van der Waals surface area (Å²) in [6.07, 6.45) is -0.629. The molecule has 0 bridgehead atoms. The first kappa shape index (κ1) is 25.8. The summed E-state index contributed by atoms with van der Waals surface area (Å²) in [6, 6.07) is 16.6. The average Bonchev–Trinajstić information content (AvgIpc) is 2.69. The summed E-state index contributed by atoms with van der Waals surface area (Å²) in [6.45, 7) is 16.1. The van der Waals surface area contributed by atoms with Gasteiger partial charge in [-0.3, -0.25) is 4.79 Å². The van der Waals surface area contributed by atoms with Crippen molar-refractivity contribution in [2.45, 2.75) is 71.3 Å².